The van der Waals surface area contributed by atoms with E-state index < -0.39 is 0 Å². The summed E-state index contributed by atoms with van der Waals surface area (Å²) in [5.41, 5.74) is 3.28. The molecule has 2 N–H and O–H groups in total. The summed E-state index contributed by atoms with van der Waals surface area (Å²) in [4.78, 5) is 30.4. The van der Waals surface area contributed by atoms with Gasteiger partial charge in [0.2, 0.25) is 5.95 Å². The molecule has 3 fully saturated rings. The molecule has 0 unspecified atom stereocenters. The van der Waals surface area contributed by atoms with Crippen LogP contribution in [0.4, 0.5) is 5.95 Å². The molecule has 1 saturated heterocycles. The van der Waals surface area contributed by atoms with Crippen LogP contribution in [0.2, 0.25) is 0 Å². The van der Waals surface area contributed by atoms with E-state index >= 15 is 0 Å². The van der Waals surface area contributed by atoms with Crippen LogP contribution in [0.1, 0.15) is 74.5 Å². The summed E-state index contributed by atoms with van der Waals surface area (Å²) in [5.74, 6) is 1.89. The average molecular weight is 539 g/mol. The first-order chi connectivity index (χ1) is 19.6. The zero-order valence-corrected chi connectivity index (χ0v) is 23.0. The van der Waals surface area contributed by atoms with Gasteiger partial charge in [-0.05, 0) is 111 Å². The van der Waals surface area contributed by atoms with E-state index in [1.54, 1.807) is 0 Å². The van der Waals surface area contributed by atoms with Gasteiger partial charge in [-0.25, -0.2) is 4.98 Å². The molecule has 0 atom stereocenters. The summed E-state index contributed by atoms with van der Waals surface area (Å²) in [6.45, 7) is 3.80. The van der Waals surface area contributed by atoms with Gasteiger partial charge in [-0.3, -0.25) is 19.2 Å². The van der Waals surface area contributed by atoms with Crippen LogP contribution in [0.25, 0.3) is 21.8 Å². The summed E-state index contributed by atoms with van der Waals surface area (Å²) >= 11 is 0. The number of likely N-dealkylation sites (tertiary alicyclic amines) is 1. The van der Waals surface area contributed by atoms with Gasteiger partial charge in [0.15, 0.2) is 0 Å². The minimum Gasteiger partial charge on any atom is -0.393 e. The number of pyridine rings is 2. The molecule has 3 aliphatic rings. The highest BCUT2D eigenvalue weighted by atomic mass is 16.3. The third-order valence-electron chi connectivity index (χ3n) is 9.27. The molecule has 0 amide bonds. The lowest BCUT2D eigenvalue weighted by Gasteiger charge is -2.32. The normalized spacial score (nSPS) is 22.6. The monoisotopic (exact) mass is 538 g/mol. The number of hydrogen-bond acceptors (Lipinski definition) is 7. The molecule has 4 aromatic rings. The largest absolute Gasteiger partial charge is 0.393 e. The number of aromatic nitrogens is 4. The number of hydrogen-bond donors (Lipinski definition) is 2. The van der Waals surface area contributed by atoms with Gasteiger partial charge in [0.25, 0.3) is 5.56 Å². The average Bonchev–Trinajstić information content (AvgIpc) is 3.83. The predicted molar refractivity (Wildman–Crippen MR) is 158 cm³/mol. The van der Waals surface area contributed by atoms with Gasteiger partial charge >= 0.3 is 0 Å². The molecule has 1 aromatic carbocycles. The van der Waals surface area contributed by atoms with Crippen molar-refractivity contribution in [3.05, 3.63) is 70.4 Å². The number of nitrogens with one attached hydrogen (secondary N) is 1. The predicted octanol–water partition coefficient (Wildman–Crippen LogP) is 5.02. The van der Waals surface area contributed by atoms with E-state index in [1.807, 2.05) is 23.2 Å². The molecule has 8 nitrogen and oxygen atoms in total. The van der Waals surface area contributed by atoms with Crippen LogP contribution in [0.5, 0.6) is 0 Å². The Labute approximate surface area is 234 Å². The fraction of sp³-hybridized carbons (Fsp3) is 0.500. The lowest BCUT2D eigenvalue weighted by atomic mass is 9.90. The molecular weight excluding hydrogens is 500 g/mol. The first-order valence-electron chi connectivity index (χ1n) is 15.0. The first-order valence-corrected chi connectivity index (χ1v) is 15.0. The highest BCUT2D eigenvalue weighted by Gasteiger charge is 2.26. The van der Waals surface area contributed by atoms with Crippen LogP contribution in [0, 0.1) is 5.92 Å². The van der Waals surface area contributed by atoms with Crippen LogP contribution in [-0.4, -0.2) is 55.3 Å². The molecule has 208 valence electrons. The number of anilines is 1. The van der Waals surface area contributed by atoms with Gasteiger partial charge in [-0.15, -0.1) is 0 Å². The third-order valence-corrected chi connectivity index (χ3v) is 9.27. The van der Waals surface area contributed by atoms with E-state index in [1.165, 1.54) is 24.0 Å². The van der Waals surface area contributed by atoms with Crippen molar-refractivity contribution in [2.45, 2.75) is 76.0 Å². The van der Waals surface area contributed by atoms with Crippen molar-refractivity contribution in [2.75, 3.05) is 25.0 Å². The quantitative estimate of drug-likeness (QED) is 0.319. The Kier molecular flexibility index (Phi) is 6.97. The van der Waals surface area contributed by atoms with Gasteiger partial charge in [0.1, 0.15) is 5.65 Å². The number of rotatable bonds is 7. The standard InChI is InChI=1S/C32H38N6O2/c39-26-6-4-25(5-7-26)38-30-29(19-35-32(36-30)34-18-21-1-2-21)27-8-3-22(17-28(27)31(38)40)20-37-15-11-24(12-16-37)23-9-13-33-14-10-23/h3,8-10,13-14,17,19,21,24-26,39H,1-2,4-7,11-12,15-16,18,20H2,(H,34,35,36)/t25-,26-. The maximum Gasteiger partial charge on any atom is 0.260 e. The first kappa shape index (κ1) is 25.6. The van der Waals surface area contributed by atoms with Gasteiger partial charge in [-0.1, -0.05) is 12.1 Å². The van der Waals surface area contributed by atoms with E-state index in [4.69, 9.17) is 4.98 Å². The van der Waals surface area contributed by atoms with E-state index in [9.17, 15) is 9.90 Å². The van der Waals surface area contributed by atoms with Crippen molar-refractivity contribution in [3.63, 3.8) is 0 Å². The number of piperidine rings is 1. The Hall–Kier alpha value is -3.36. The van der Waals surface area contributed by atoms with Crippen molar-refractivity contribution < 1.29 is 5.11 Å². The van der Waals surface area contributed by atoms with Crippen LogP contribution in [0.3, 0.4) is 0 Å². The van der Waals surface area contributed by atoms with Crippen LogP contribution in [0.15, 0.2) is 53.7 Å². The Balaban J connectivity index is 1.19. The number of benzene rings is 1. The minimum atomic E-state index is -0.279. The number of aliphatic hydroxyl groups is 1. The SMILES string of the molecule is O=c1c2cc(CN3CCC(c4ccncc4)CC3)ccc2c2cnc(NCC3CC3)nc2n1[C@H]1CC[C@H](O)CC1. The second-order valence-corrected chi connectivity index (χ2v) is 12.1. The molecule has 40 heavy (non-hydrogen) atoms. The zero-order valence-electron chi connectivity index (χ0n) is 23.0. The number of fused-ring (bicyclic) bond motifs is 3. The van der Waals surface area contributed by atoms with Crippen molar-refractivity contribution in [1.29, 1.82) is 0 Å². The van der Waals surface area contributed by atoms with E-state index in [2.05, 4.69) is 50.5 Å². The van der Waals surface area contributed by atoms with Crippen LogP contribution in [-0.2, 0) is 6.54 Å². The second-order valence-electron chi connectivity index (χ2n) is 12.1. The highest BCUT2D eigenvalue weighted by molar-refractivity contribution is 6.04. The molecule has 8 heteroatoms. The Morgan fingerprint density at radius 3 is 2.42 bits per heavy atom. The van der Waals surface area contributed by atoms with Crippen molar-refractivity contribution >= 4 is 27.8 Å². The molecular formula is C32H38N6O2. The van der Waals surface area contributed by atoms with E-state index in [0.717, 1.165) is 68.0 Å². The summed E-state index contributed by atoms with van der Waals surface area (Å²) in [6.07, 6.45) is 13.2. The lowest BCUT2D eigenvalue weighted by Crippen LogP contribution is -2.32. The van der Waals surface area contributed by atoms with E-state index in [-0.39, 0.29) is 17.7 Å². The third kappa shape index (κ3) is 5.22. The van der Waals surface area contributed by atoms with Crippen molar-refractivity contribution in [3.8, 4) is 0 Å². The molecule has 0 bridgehead atoms. The van der Waals surface area contributed by atoms with Crippen LogP contribution >= 0.6 is 0 Å². The fourth-order valence-corrected chi connectivity index (χ4v) is 6.69. The summed E-state index contributed by atoms with van der Waals surface area (Å²) < 4.78 is 1.91. The van der Waals surface area contributed by atoms with Crippen LogP contribution < -0.4 is 10.9 Å². The molecule has 3 aromatic heterocycles. The van der Waals surface area contributed by atoms with E-state index in [0.29, 0.717) is 36.3 Å². The highest BCUT2D eigenvalue weighted by Crippen LogP contribution is 2.33. The van der Waals surface area contributed by atoms with Gasteiger partial charge in [-0.2, -0.15) is 4.98 Å². The smallest absolute Gasteiger partial charge is 0.260 e. The number of aliphatic hydroxyl groups excluding tert-OH is 1. The summed E-state index contributed by atoms with van der Waals surface area (Å²) in [6, 6.07) is 10.7. The van der Waals surface area contributed by atoms with Crippen molar-refractivity contribution in [1.82, 2.24) is 24.4 Å². The minimum absolute atomic E-state index is 0.0222. The maximum absolute atomic E-state index is 14.2. The van der Waals surface area contributed by atoms with Gasteiger partial charge in [0.05, 0.1) is 6.10 Å². The molecule has 1 aliphatic heterocycles. The Morgan fingerprint density at radius 1 is 0.900 bits per heavy atom. The van der Waals surface area contributed by atoms with Gasteiger partial charge < -0.3 is 10.4 Å². The Bertz CT molecular complexity index is 1550. The molecule has 2 aliphatic carbocycles. The topological polar surface area (TPSA) is 96.2 Å². The molecule has 0 radical (unpaired) electrons. The second kappa shape index (κ2) is 10.9. The summed E-state index contributed by atoms with van der Waals surface area (Å²) in [7, 11) is 0. The molecule has 2 saturated carbocycles. The molecule has 0 spiro atoms. The fourth-order valence-electron chi connectivity index (χ4n) is 6.69. The molecule has 7 rings (SSSR count). The maximum atomic E-state index is 14.2. The van der Waals surface area contributed by atoms with Crippen molar-refractivity contribution in [2.24, 2.45) is 5.92 Å². The lowest BCUT2D eigenvalue weighted by molar-refractivity contribution is 0.111. The molecule has 4 heterocycles. The number of nitrogens with zero attached hydrogens (tertiary/aromatic N) is 5. The summed E-state index contributed by atoms with van der Waals surface area (Å²) in [5, 5.41) is 16.1. The Morgan fingerprint density at radius 2 is 1.68 bits per heavy atom. The zero-order chi connectivity index (χ0) is 27.1. The van der Waals surface area contributed by atoms with Gasteiger partial charge in [0, 0.05) is 48.5 Å².